The van der Waals surface area contributed by atoms with E-state index in [0.29, 0.717) is 49.1 Å². The maximum absolute atomic E-state index is 15.0. The highest BCUT2D eigenvalue weighted by Gasteiger charge is 2.37. The number of halogens is 1. The van der Waals surface area contributed by atoms with Crippen molar-refractivity contribution in [2.45, 2.75) is 71.2 Å². The highest BCUT2D eigenvalue weighted by molar-refractivity contribution is 5.79. The molecule has 2 aromatic rings. The number of cyclic esters (lactones) is 1. The van der Waals surface area contributed by atoms with E-state index in [4.69, 9.17) is 4.74 Å². The van der Waals surface area contributed by atoms with Gasteiger partial charge in [0.15, 0.2) is 5.82 Å². The summed E-state index contributed by atoms with van der Waals surface area (Å²) in [5.41, 5.74) is 1.72. The van der Waals surface area contributed by atoms with Gasteiger partial charge in [-0.25, -0.2) is 13.9 Å². The first-order chi connectivity index (χ1) is 20.4. The fourth-order valence-electron chi connectivity index (χ4n) is 6.22. The Morgan fingerprint density at radius 3 is 2.67 bits per heavy atom. The fourth-order valence-corrected chi connectivity index (χ4v) is 6.22. The van der Waals surface area contributed by atoms with Gasteiger partial charge in [0, 0.05) is 31.5 Å². The Kier molecular flexibility index (Phi) is 10.6. The molecule has 236 valence electrons. The normalized spacial score (nSPS) is 29.9. The van der Waals surface area contributed by atoms with Crippen molar-refractivity contribution in [2.75, 3.05) is 33.3 Å². The van der Waals surface area contributed by atoms with Crippen LogP contribution in [0.4, 0.5) is 9.18 Å². The quantitative estimate of drug-likeness (QED) is 0.345. The van der Waals surface area contributed by atoms with Crippen LogP contribution in [-0.4, -0.2) is 104 Å². The molecule has 4 rings (SSSR count). The Morgan fingerprint density at radius 1 is 1.23 bits per heavy atom. The number of benzene rings is 1. The van der Waals surface area contributed by atoms with E-state index in [1.165, 1.54) is 15.6 Å². The van der Waals surface area contributed by atoms with Gasteiger partial charge in [-0.1, -0.05) is 37.3 Å². The fraction of sp³-hybridized carbons (Fsp3) is 0.613. The van der Waals surface area contributed by atoms with Gasteiger partial charge in [-0.05, 0) is 62.9 Å². The number of likely N-dealkylation sites (N-methyl/N-ethyl adjacent to an activating group) is 1. The second-order valence-electron chi connectivity index (χ2n) is 12.3. The number of carbonyl (C=O) groups is 2. The first kappa shape index (κ1) is 32.6. The number of fused-ring (bicyclic) bond motifs is 1. The van der Waals surface area contributed by atoms with Crippen LogP contribution in [0.1, 0.15) is 58.6 Å². The summed E-state index contributed by atoms with van der Waals surface area (Å²) < 4.78 is 22.4. The number of carbonyl (C=O) groups excluding carboxylic acids is 1. The van der Waals surface area contributed by atoms with Crippen LogP contribution in [0.25, 0.3) is 17.1 Å². The maximum atomic E-state index is 15.0. The minimum atomic E-state index is -0.947. The zero-order chi connectivity index (χ0) is 31.4. The molecule has 3 N–H and O–H groups in total. The van der Waals surface area contributed by atoms with E-state index >= 15 is 0 Å². The molecule has 2 aliphatic heterocycles. The number of carboxylic acid groups (broad SMARTS) is 1. The summed E-state index contributed by atoms with van der Waals surface area (Å²) in [7, 11) is 1.99. The Labute approximate surface area is 251 Å². The van der Waals surface area contributed by atoms with Crippen molar-refractivity contribution in [3.63, 3.8) is 0 Å². The molecular formula is C31H44FN5O6. The van der Waals surface area contributed by atoms with Crippen LogP contribution in [0.2, 0.25) is 0 Å². The number of amides is 1. The Bertz CT molecular complexity index is 1360. The molecule has 1 aromatic heterocycles. The molecule has 0 saturated carbocycles. The number of hydrogen-bond donors (Lipinski definition) is 3. The Hall–Kier alpha value is -3.35. The molecule has 0 bridgehead atoms. The van der Waals surface area contributed by atoms with Crippen LogP contribution in [0, 0.1) is 23.6 Å². The molecule has 12 heteroatoms. The number of aliphatic hydroxyl groups is 2. The summed E-state index contributed by atoms with van der Waals surface area (Å²) in [5.74, 6) is -1.46. The zero-order valence-electron chi connectivity index (χ0n) is 25.6. The number of ether oxygens (including phenoxy) is 1. The van der Waals surface area contributed by atoms with Crippen LogP contribution in [0.15, 0.2) is 29.9 Å². The molecule has 11 nitrogen and oxygen atoms in total. The molecule has 0 aliphatic carbocycles. The second-order valence-corrected chi connectivity index (χ2v) is 12.3. The number of nitrogens with zero attached hydrogens (tertiary/aromatic N) is 5. The van der Waals surface area contributed by atoms with Crippen LogP contribution in [-0.2, 0) is 9.53 Å². The van der Waals surface area contributed by atoms with Crippen LogP contribution < -0.4 is 0 Å². The number of rotatable bonds is 5. The lowest BCUT2D eigenvalue weighted by molar-refractivity contribution is -0.151. The first-order valence-electron chi connectivity index (χ1n) is 15.0. The van der Waals surface area contributed by atoms with Gasteiger partial charge in [0.25, 0.3) is 0 Å². The van der Waals surface area contributed by atoms with E-state index in [9.17, 15) is 29.3 Å². The molecule has 43 heavy (non-hydrogen) atoms. The monoisotopic (exact) mass is 601 g/mol. The molecule has 7 atom stereocenters. The van der Waals surface area contributed by atoms with Gasteiger partial charge in [-0.15, -0.1) is 5.10 Å². The van der Waals surface area contributed by atoms with Crippen molar-refractivity contribution in [1.82, 2.24) is 24.8 Å². The smallest absolute Gasteiger partial charge is 0.407 e. The molecule has 1 unspecified atom stereocenters. The third-order valence-corrected chi connectivity index (χ3v) is 8.78. The topological polar surface area (TPSA) is 141 Å². The number of aromatic nitrogens is 3. The Balaban J connectivity index is 1.70. The molecule has 0 spiro atoms. The molecule has 1 amide bonds. The van der Waals surface area contributed by atoms with E-state index in [1.54, 1.807) is 26.0 Å². The molecule has 1 fully saturated rings. The van der Waals surface area contributed by atoms with Gasteiger partial charge < -0.3 is 29.9 Å². The largest absolute Gasteiger partial charge is 0.465 e. The van der Waals surface area contributed by atoms with Crippen LogP contribution in [0.3, 0.4) is 0 Å². The molecule has 1 saturated heterocycles. The van der Waals surface area contributed by atoms with E-state index in [-0.39, 0.29) is 42.3 Å². The van der Waals surface area contributed by atoms with Gasteiger partial charge in [0.05, 0.1) is 36.7 Å². The maximum Gasteiger partial charge on any atom is 0.407 e. The third-order valence-electron chi connectivity index (χ3n) is 8.78. The van der Waals surface area contributed by atoms with Crippen molar-refractivity contribution in [3.8, 4) is 0 Å². The van der Waals surface area contributed by atoms with Crippen molar-refractivity contribution in [1.29, 1.82) is 0 Å². The highest BCUT2D eigenvalue weighted by Crippen LogP contribution is 2.32. The second kappa shape index (κ2) is 14.0. The van der Waals surface area contributed by atoms with E-state index in [2.05, 4.69) is 22.1 Å². The summed E-state index contributed by atoms with van der Waals surface area (Å²) in [5, 5.41) is 38.1. The molecule has 0 radical (unpaired) electrons. The lowest BCUT2D eigenvalue weighted by atomic mass is 9.80. The van der Waals surface area contributed by atoms with Crippen molar-refractivity contribution >= 4 is 29.2 Å². The van der Waals surface area contributed by atoms with Gasteiger partial charge in [0.1, 0.15) is 11.6 Å². The predicted molar refractivity (Wildman–Crippen MR) is 160 cm³/mol. The van der Waals surface area contributed by atoms with E-state index < -0.39 is 36.1 Å². The molecule has 1 aromatic carbocycles. The number of hydrogen-bond acceptors (Lipinski definition) is 8. The number of aliphatic hydroxyl groups excluding tert-OH is 2. The molecule has 2 aliphatic rings. The SMILES string of the molecule is C/C(=C\c1cc(F)c2nnn([C@@H](C)CO)c2c1)[C@H]1OC(=O)C[C@@H](O)CC[C@@H](C)[C@@H](C2CN(C)CCN2C(=O)O)/C=C/[C@@H]1C. The van der Waals surface area contributed by atoms with Crippen LogP contribution in [0.5, 0.6) is 0 Å². The standard InChI is InChI=1S/C31H44FN5O6/c1-18-6-8-23(39)15-28(40)43-30(19(2)7-9-24(18)27-16-35(5)10-11-36(27)31(41)42)20(3)12-22-13-25(32)29-26(14-22)37(34-33-29)21(4)17-38/h7,9,12-14,18-19,21,23-24,27,30,38-39H,6,8,10-11,15-17H2,1-5H3,(H,41,42)/b9-7+,20-12+/t18-,19+,21+,23+,24+,27?,30+/m1/s1. The van der Waals surface area contributed by atoms with Crippen molar-refractivity contribution in [2.24, 2.45) is 17.8 Å². The Morgan fingerprint density at radius 2 is 1.98 bits per heavy atom. The zero-order valence-corrected chi connectivity index (χ0v) is 25.6. The third kappa shape index (κ3) is 7.60. The average Bonchev–Trinajstić information content (AvgIpc) is 3.38. The van der Waals surface area contributed by atoms with E-state index in [0.717, 1.165) is 0 Å². The predicted octanol–water partition coefficient (Wildman–Crippen LogP) is 3.72. The summed E-state index contributed by atoms with van der Waals surface area (Å²) in [4.78, 5) is 28.7. The summed E-state index contributed by atoms with van der Waals surface area (Å²) in [6.07, 6.45) is 4.08. The van der Waals surface area contributed by atoms with Gasteiger partial charge in [0.2, 0.25) is 0 Å². The molecular weight excluding hydrogens is 557 g/mol. The average molecular weight is 602 g/mol. The summed E-state index contributed by atoms with van der Waals surface area (Å²) in [6.45, 7) is 9.02. The first-order valence-corrected chi connectivity index (χ1v) is 15.0. The van der Waals surface area contributed by atoms with Gasteiger partial charge in [-0.2, -0.15) is 0 Å². The van der Waals surface area contributed by atoms with Crippen molar-refractivity contribution < 1.29 is 34.0 Å². The van der Waals surface area contributed by atoms with Crippen molar-refractivity contribution in [3.05, 3.63) is 41.2 Å². The highest BCUT2D eigenvalue weighted by atomic mass is 19.1. The summed E-state index contributed by atoms with van der Waals surface area (Å²) in [6, 6.07) is 2.41. The molecule has 3 heterocycles. The minimum Gasteiger partial charge on any atom is -0.465 e. The van der Waals surface area contributed by atoms with Gasteiger partial charge in [-0.3, -0.25) is 4.79 Å². The van der Waals surface area contributed by atoms with E-state index in [1.807, 2.05) is 26.1 Å². The van der Waals surface area contributed by atoms with Crippen LogP contribution >= 0.6 is 0 Å². The lowest BCUT2D eigenvalue weighted by Crippen LogP contribution is -2.57. The van der Waals surface area contributed by atoms with Gasteiger partial charge >= 0.3 is 12.1 Å². The lowest BCUT2D eigenvalue weighted by Gasteiger charge is -2.43. The minimum absolute atomic E-state index is 0.0523. The number of piperazine rings is 1. The number of esters is 1. The summed E-state index contributed by atoms with van der Waals surface area (Å²) >= 11 is 0.